The lowest BCUT2D eigenvalue weighted by atomic mass is 9.99. The van der Waals surface area contributed by atoms with Crippen LogP contribution < -0.4 is 5.11 Å². The SMILES string of the molecule is O=C([O-])[C@H]1OC(O)[C@@H](O)[C@H](O)[C@H]1O. The second-order valence-corrected chi connectivity index (χ2v) is 2.74. The number of rotatable bonds is 1. The van der Waals surface area contributed by atoms with Crippen molar-refractivity contribution in [3.8, 4) is 0 Å². The molecule has 76 valence electrons. The first-order chi connectivity index (χ1) is 5.95. The second kappa shape index (κ2) is 3.56. The van der Waals surface area contributed by atoms with E-state index in [2.05, 4.69) is 4.74 Å². The summed E-state index contributed by atoms with van der Waals surface area (Å²) in [5.41, 5.74) is 0. The molecule has 1 fully saturated rings. The molecule has 5 atom stereocenters. The highest BCUT2D eigenvalue weighted by Gasteiger charge is 2.43. The fourth-order valence-corrected chi connectivity index (χ4v) is 1.06. The van der Waals surface area contributed by atoms with Crippen molar-refractivity contribution in [1.82, 2.24) is 0 Å². The molecule has 0 aromatic carbocycles. The van der Waals surface area contributed by atoms with Crippen LogP contribution in [0.3, 0.4) is 0 Å². The largest absolute Gasteiger partial charge is 0.547 e. The number of carbonyl (C=O) groups is 1. The Hall–Kier alpha value is -0.730. The summed E-state index contributed by atoms with van der Waals surface area (Å²) in [5, 5.41) is 46.1. The highest BCUT2D eigenvalue weighted by Crippen LogP contribution is 2.19. The van der Waals surface area contributed by atoms with Gasteiger partial charge in [-0.2, -0.15) is 0 Å². The zero-order chi connectivity index (χ0) is 10.2. The van der Waals surface area contributed by atoms with E-state index in [1.54, 1.807) is 0 Å². The van der Waals surface area contributed by atoms with Crippen LogP contribution in [0.2, 0.25) is 0 Å². The molecule has 0 radical (unpaired) electrons. The molecule has 0 bridgehead atoms. The van der Waals surface area contributed by atoms with Gasteiger partial charge in [-0.1, -0.05) is 0 Å². The van der Waals surface area contributed by atoms with Gasteiger partial charge < -0.3 is 35.1 Å². The molecule has 0 spiro atoms. The van der Waals surface area contributed by atoms with Crippen LogP contribution >= 0.6 is 0 Å². The monoisotopic (exact) mass is 193 g/mol. The van der Waals surface area contributed by atoms with Gasteiger partial charge in [-0.25, -0.2) is 0 Å². The van der Waals surface area contributed by atoms with Gasteiger partial charge in [0.25, 0.3) is 0 Å². The molecule has 0 saturated carbocycles. The summed E-state index contributed by atoms with van der Waals surface area (Å²) in [7, 11) is 0. The summed E-state index contributed by atoms with van der Waals surface area (Å²) < 4.78 is 4.28. The Kier molecular flexibility index (Phi) is 2.84. The van der Waals surface area contributed by atoms with Gasteiger partial charge in [0.2, 0.25) is 0 Å². The van der Waals surface area contributed by atoms with Crippen molar-refractivity contribution < 1.29 is 35.1 Å². The van der Waals surface area contributed by atoms with E-state index in [0.29, 0.717) is 0 Å². The molecule has 1 saturated heterocycles. The van der Waals surface area contributed by atoms with E-state index in [1.165, 1.54) is 0 Å². The molecule has 7 nitrogen and oxygen atoms in total. The van der Waals surface area contributed by atoms with Crippen molar-refractivity contribution in [2.24, 2.45) is 0 Å². The Balaban J connectivity index is 2.76. The molecule has 1 heterocycles. The molecule has 0 amide bonds. The van der Waals surface area contributed by atoms with Gasteiger partial charge in [0.1, 0.15) is 24.4 Å². The predicted molar refractivity (Wildman–Crippen MR) is 33.9 cm³/mol. The zero-order valence-corrected chi connectivity index (χ0v) is 6.40. The van der Waals surface area contributed by atoms with Crippen molar-refractivity contribution in [3.63, 3.8) is 0 Å². The van der Waals surface area contributed by atoms with Crippen LogP contribution in [0.4, 0.5) is 0 Å². The van der Waals surface area contributed by atoms with Crippen molar-refractivity contribution in [1.29, 1.82) is 0 Å². The van der Waals surface area contributed by atoms with Gasteiger partial charge in [0.05, 0.1) is 5.97 Å². The predicted octanol–water partition coefficient (Wildman–Crippen LogP) is -4.46. The quantitative estimate of drug-likeness (QED) is 0.330. The number of carboxylic acids is 1. The third-order valence-corrected chi connectivity index (χ3v) is 1.82. The highest BCUT2D eigenvalue weighted by atomic mass is 16.6. The Labute approximate surface area is 72.8 Å². The van der Waals surface area contributed by atoms with Crippen LogP contribution in [0.15, 0.2) is 0 Å². The molecule has 4 N–H and O–H groups in total. The third-order valence-electron chi connectivity index (χ3n) is 1.82. The lowest BCUT2D eigenvalue weighted by molar-refractivity contribution is -0.345. The Bertz CT molecular complexity index is 205. The molecule has 1 unspecified atom stereocenters. The molecule has 1 aliphatic heterocycles. The molecular formula is C6H9O7-. The highest BCUT2D eigenvalue weighted by molar-refractivity contribution is 5.71. The maximum Gasteiger partial charge on any atom is 0.184 e. The first-order valence-corrected chi connectivity index (χ1v) is 3.53. The molecule has 13 heavy (non-hydrogen) atoms. The normalized spacial score (nSPS) is 46.0. The number of aliphatic carboxylic acids is 1. The van der Waals surface area contributed by atoms with E-state index in [4.69, 9.17) is 20.4 Å². The average molecular weight is 193 g/mol. The minimum atomic E-state index is -1.85. The topological polar surface area (TPSA) is 130 Å². The number of aliphatic hydroxyl groups excluding tert-OH is 4. The van der Waals surface area contributed by atoms with Gasteiger partial charge in [-0.15, -0.1) is 0 Å². The minimum Gasteiger partial charge on any atom is -0.547 e. The number of hydrogen-bond acceptors (Lipinski definition) is 7. The maximum atomic E-state index is 10.3. The molecule has 1 aliphatic rings. The van der Waals surface area contributed by atoms with Gasteiger partial charge in [-0.3, -0.25) is 0 Å². The van der Waals surface area contributed by atoms with Crippen molar-refractivity contribution in [2.45, 2.75) is 30.7 Å². The summed E-state index contributed by atoms with van der Waals surface area (Å²) >= 11 is 0. The summed E-state index contributed by atoms with van der Waals surface area (Å²) in [6.45, 7) is 0. The van der Waals surface area contributed by atoms with Crippen molar-refractivity contribution in [2.75, 3.05) is 0 Å². The summed E-state index contributed by atoms with van der Waals surface area (Å²) in [6.07, 6.45) is -9.00. The van der Waals surface area contributed by atoms with Gasteiger partial charge >= 0.3 is 0 Å². The molecule has 7 heteroatoms. The van der Waals surface area contributed by atoms with Crippen molar-refractivity contribution >= 4 is 5.97 Å². The van der Waals surface area contributed by atoms with Gasteiger partial charge in [0, 0.05) is 0 Å². The molecular weight excluding hydrogens is 184 g/mol. The van der Waals surface area contributed by atoms with Crippen LogP contribution in [0, 0.1) is 0 Å². The van der Waals surface area contributed by atoms with Crippen molar-refractivity contribution in [3.05, 3.63) is 0 Å². The molecule has 0 aliphatic carbocycles. The standard InChI is InChI=1S/C6H10O7/c7-1-2(8)4(5(10)11)13-6(12)3(1)9/h1-4,6-9,12H,(H,10,11)/p-1/t1-,2-,3+,4+,6?/m1/s1. The Morgan fingerprint density at radius 1 is 1.08 bits per heavy atom. The number of hydrogen-bond donors (Lipinski definition) is 4. The third kappa shape index (κ3) is 1.79. The van der Waals surface area contributed by atoms with Gasteiger partial charge in [-0.05, 0) is 0 Å². The average Bonchev–Trinajstić information content (AvgIpc) is 2.07. The fraction of sp³-hybridized carbons (Fsp3) is 0.833. The number of carbonyl (C=O) groups excluding carboxylic acids is 1. The minimum absolute atomic E-state index is 1.73. The molecule has 0 aromatic heterocycles. The lowest BCUT2D eigenvalue weighted by Crippen LogP contribution is -2.62. The maximum absolute atomic E-state index is 10.3. The summed E-state index contributed by atoms with van der Waals surface area (Å²) in [4.78, 5) is 10.3. The lowest BCUT2D eigenvalue weighted by Gasteiger charge is -2.38. The van der Waals surface area contributed by atoms with Crippen LogP contribution in [0.5, 0.6) is 0 Å². The van der Waals surface area contributed by atoms with E-state index in [0.717, 1.165) is 0 Å². The van der Waals surface area contributed by atoms with Gasteiger partial charge in [0.15, 0.2) is 6.29 Å². The number of ether oxygens (including phenoxy) is 1. The number of carboxylic acid groups (broad SMARTS) is 1. The Morgan fingerprint density at radius 3 is 2.08 bits per heavy atom. The van der Waals surface area contributed by atoms with Crippen LogP contribution in [-0.4, -0.2) is 57.1 Å². The molecule has 0 aromatic rings. The van der Waals surface area contributed by atoms with E-state index in [9.17, 15) is 9.90 Å². The summed E-state index contributed by atoms with van der Waals surface area (Å²) in [5.74, 6) is -1.77. The molecule has 1 rings (SSSR count). The van der Waals surface area contributed by atoms with Crippen LogP contribution in [0.25, 0.3) is 0 Å². The van der Waals surface area contributed by atoms with E-state index in [-0.39, 0.29) is 0 Å². The van der Waals surface area contributed by atoms with E-state index in [1.807, 2.05) is 0 Å². The first kappa shape index (κ1) is 10.4. The Morgan fingerprint density at radius 2 is 1.62 bits per heavy atom. The zero-order valence-electron chi connectivity index (χ0n) is 6.40. The van der Waals surface area contributed by atoms with E-state index < -0.39 is 36.7 Å². The second-order valence-electron chi connectivity index (χ2n) is 2.74. The number of aliphatic hydroxyl groups is 4. The smallest absolute Gasteiger partial charge is 0.184 e. The van der Waals surface area contributed by atoms with Crippen LogP contribution in [0.1, 0.15) is 0 Å². The fourth-order valence-electron chi connectivity index (χ4n) is 1.06. The van der Waals surface area contributed by atoms with E-state index >= 15 is 0 Å². The first-order valence-electron chi connectivity index (χ1n) is 3.53. The summed E-state index contributed by atoms with van der Waals surface area (Å²) in [6, 6.07) is 0. The van der Waals surface area contributed by atoms with Crippen LogP contribution in [-0.2, 0) is 9.53 Å².